The van der Waals surface area contributed by atoms with Crippen molar-refractivity contribution in [2.45, 2.75) is 17.3 Å². The van der Waals surface area contributed by atoms with Gasteiger partial charge in [-0.25, -0.2) is 4.98 Å². The number of aryl methyl sites for hydroxylation is 1. The number of nitrogens with zero attached hydrogens (tertiary/aromatic N) is 1. The van der Waals surface area contributed by atoms with Gasteiger partial charge in [0, 0.05) is 10.5 Å². The third kappa shape index (κ3) is 3.17. The summed E-state index contributed by atoms with van der Waals surface area (Å²) in [6.07, 6.45) is 0. The highest BCUT2D eigenvalue weighted by atomic mass is 32.2. The van der Waals surface area contributed by atoms with Crippen LogP contribution in [0.5, 0.6) is 0 Å². The molecular formula is C11H9F3N2S2. The molecule has 2 aromatic rings. The molecule has 0 saturated carbocycles. The van der Waals surface area contributed by atoms with Crippen LogP contribution in [-0.2, 0) is 0 Å². The molecule has 7 heteroatoms. The number of nitrogens with two attached hydrogens (primary N) is 1. The van der Waals surface area contributed by atoms with Crippen molar-refractivity contribution >= 4 is 28.1 Å². The minimum atomic E-state index is -4.27. The van der Waals surface area contributed by atoms with E-state index in [2.05, 4.69) is 4.98 Å². The summed E-state index contributed by atoms with van der Waals surface area (Å²) >= 11 is 1.22. The molecule has 0 bridgehead atoms. The Morgan fingerprint density at radius 3 is 2.28 bits per heavy atom. The molecule has 96 valence electrons. The van der Waals surface area contributed by atoms with E-state index in [0.29, 0.717) is 10.7 Å². The molecule has 1 aromatic carbocycles. The van der Waals surface area contributed by atoms with Crippen LogP contribution in [0.2, 0.25) is 0 Å². The fraction of sp³-hybridized carbons (Fsp3) is 0.182. The minimum absolute atomic E-state index is 0.135. The zero-order valence-corrected chi connectivity index (χ0v) is 10.9. The van der Waals surface area contributed by atoms with E-state index in [1.165, 1.54) is 23.5 Å². The molecule has 2 N–H and O–H groups in total. The zero-order chi connectivity index (χ0) is 13.3. The highest BCUT2D eigenvalue weighted by Gasteiger charge is 2.29. The topological polar surface area (TPSA) is 38.9 Å². The number of nitrogen functional groups attached to an aromatic ring is 1. The van der Waals surface area contributed by atoms with E-state index in [4.69, 9.17) is 5.73 Å². The normalized spacial score (nSPS) is 11.8. The van der Waals surface area contributed by atoms with Crippen molar-refractivity contribution in [2.24, 2.45) is 0 Å². The summed E-state index contributed by atoms with van der Waals surface area (Å²) < 4.78 is 36.5. The summed E-state index contributed by atoms with van der Waals surface area (Å²) in [5.41, 5.74) is 2.87. The monoisotopic (exact) mass is 290 g/mol. The molecule has 0 aliphatic carbocycles. The van der Waals surface area contributed by atoms with E-state index < -0.39 is 5.51 Å². The quantitative estimate of drug-likeness (QED) is 0.837. The lowest BCUT2D eigenvalue weighted by atomic mass is 10.2. The van der Waals surface area contributed by atoms with Gasteiger partial charge in [0.25, 0.3) is 0 Å². The van der Waals surface area contributed by atoms with Gasteiger partial charge >= 0.3 is 5.51 Å². The van der Waals surface area contributed by atoms with Gasteiger partial charge in [0.05, 0.1) is 5.01 Å². The second kappa shape index (κ2) is 4.81. The number of hydrogen-bond donors (Lipinski definition) is 1. The Morgan fingerprint density at radius 2 is 1.83 bits per heavy atom. The van der Waals surface area contributed by atoms with Gasteiger partial charge < -0.3 is 5.73 Å². The summed E-state index contributed by atoms with van der Waals surface area (Å²) in [6.45, 7) is 1.83. The number of thiazole rings is 1. The van der Waals surface area contributed by atoms with Crippen molar-refractivity contribution in [3.05, 3.63) is 29.3 Å². The molecule has 1 aromatic heterocycles. The van der Waals surface area contributed by atoms with E-state index in [0.717, 1.165) is 10.6 Å². The average Bonchev–Trinajstić information content (AvgIpc) is 2.57. The number of thioether (sulfide) groups is 1. The summed E-state index contributed by atoms with van der Waals surface area (Å²) in [7, 11) is 0. The zero-order valence-electron chi connectivity index (χ0n) is 9.28. The van der Waals surface area contributed by atoms with Crippen LogP contribution >= 0.6 is 23.1 Å². The number of halogens is 3. The lowest BCUT2D eigenvalue weighted by Gasteiger charge is -2.06. The Labute approximate surface area is 110 Å². The molecule has 0 unspecified atom stereocenters. The van der Waals surface area contributed by atoms with Crippen LogP contribution < -0.4 is 5.73 Å². The van der Waals surface area contributed by atoms with Gasteiger partial charge in [-0.3, -0.25) is 0 Å². The van der Waals surface area contributed by atoms with Crippen LogP contribution in [0.4, 0.5) is 18.2 Å². The average molecular weight is 290 g/mol. The molecule has 2 nitrogen and oxygen atoms in total. The van der Waals surface area contributed by atoms with E-state index in [-0.39, 0.29) is 16.7 Å². The molecule has 18 heavy (non-hydrogen) atoms. The van der Waals surface area contributed by atoms with Gasteiger partial charge in [0.1, 0.15) is 10.7 Å². The first kappa shape index (κ1) is 13.2. The maximum Gasteiger partial charge on any atom is 0.446 e. The Kier molecular flexibility index (Phi) is 3.54. The van der Waals surface area contributed by atoms with Gasteiger partial charge in [0.15, 0.2) is 0 Å². The molecule has 0 amide bonds. The second-order valence-corrected chi connectivity index (χ2v) is 5.89. The number of benzene rings is 1. The first-order valence-electron chi connectivity index (χ1n) is 4.94. The van der Waals surface area contributed by atoms with Crippen molar-refractivity contribution < 1.29 is 13.2 Å². The molecule has 0 saturated heterocycles. The lowest BCUT2D eigenvalue weighted by molar-refractivity contribution is -0.0328. The van der Waals surface area contributed by atoms with Crippen LogP contribution in [0.1, 0.15) is 5.01 Å². The fourth-order valence-corrected chi connectivity index (χ4v) is 2.72. The summed E-state index contributed by atoms with van der Waals surface area (Å²) in [5.74, 6) is 0. The molecule has 0 aliphatic heterocycles. The Balaban J connectivity index is 2.25. The number of rotatable bonds is 2. The fourth-order valence-electron chi connectivity index (χ4n) is 1.46. The van der Waals surface area contributed by atoms with Gasteiger partial charge in [-0.15, -0.1) is 11.3 Å². The Hall–Kier alpha value is -1.21. The molecule has 0 radical (unpaired) electrons. The van der Waals surface area contributed by atoms with Gasteiger partial charge in [-0.1, -0.05) is 12.1 Å². The SMILES string of the molecule is Cc1nc(-c2ccc(SC(F)(F)F)cc2)c(N)s1. The smallest absolute Gasteiger partial charge is 0.389 e. The van der Waals surface area contributed by atoms with Gasteiger partial charge in [-0.05, 0) is 30.8 Å². The number of alkyl halides is 3. The maximum absolute atomic E-state index is 12.2. The van der Waals surface area contributed by atoms with E-state index >= 15 is 0 Å². The highest BCUT2D eigenvalue weighted by molar-refractivity contribution is 8.00. The Bertz CT molecular complexity index is 546. The molecule has 1 heterocycles. The van der Waals surface area contributed by atoms with Gasteiger partial charge in [0.2, 0.25) is 0 Å². The van der Waals surface area contributed by atoms with Crippen molar-refractivity contribution in [1.29, 1.82) is 0 Å². The second-order valence-electron chi connectivity index (χ2n) is 3.52. The Morgan fingerprint density at radius 1 is 1.22 bits per heavy atom. The van der Waals surface area contributed by atoms with E-state index in [1.807, 2.05) is 6.92 Å². The van der Waals surface area contributed by atoms with E-state index in [1.54, 1.807) is 12.1 Å². The van der Waals surface area contributed by atoms with Crippen molar-refractivity contribution in [1.82, 2.24) is 4.98 Å². The maximum atomic E-state index is 12.2. The molecule has 0 atom stereocenters. The van der Waals surface area contributed by atoms with Crippen molar-refractivity contribution in [2.75, 3.05) is 5.73 Å². The number of hydrogen-bond acceptors (Lipinski definition) is 4. The first-order valence-corrected chi connectivity index (χ1v) is 6.57. The van der Waals surface area contributed by atoms with Crippen LogP contribution in [0.3, 0.4) is 0 Å². The summed E-state index contributed by atoms with van der Waals surface area (Å²) in [4.78, 5) is 4.40. The van der Waals surface area contributed by atoms with Crippen LogP contribution in [0.15, 0.2) is 29.2 Å². The predicted octanol–water partition coefficient (Wildman–Crippen LogP) is 4.31. The first-order chi connectivity index (χ1) is 8.35. The number of aromatic nitrogens is 1. The minimum Gasteiger partial charge on any atom is -0.389 e. The van der Waals surface area contributed by atoms with Crippen LogP contribution in [0.25, 0.3) is 11.3 Å². The van der Waals surface area contributed by atoms with Crippen molar-refractivity contribution in [3.63, 3.8) is 0 Å². The number of anilines is 1. The molecule has 0 fully saturated rings. The van der Waals surface area contributed by atoms with Crippen LogP contribution in [-0.4, -0.2) is 10.5 Å². The highest BCUT2D eigenvalue weighted by Crippen LogP contribution is 2.38. The molecule has 0 spiro atoms. The third-order valence-electron chi connectivity index (χ3n) is 2.12. The van der Waals surface area contributed by atoms with Gasteiger partial charge in [-0.2, -0.15) is 13.2 Å². The van der Waals surface area contributed by atoms with Crippen molar-refractivity contribution in [3.8, 4) is 11.3 Å². The molecular weight excluding hydrogens is 281 g/mol. The summed E-state index contributed by atoms with van der Waals surface area (Å²) in [6, 6.07) is 6.03. The molecule has 2 rings (SSSR count). The lowest BCUT2D eigenvalue weighted by Crippen LogP contribution is -1.98. The standard InChI is InChI=1S/C11H9F3N2S2/c1-6-16-9(10(15)17-6)7-2-4-8(5-3-7)18-11(12,13)14/h2-5H,15H2,1H3. The summed E-state index contributed by atoms with van der Waals surface area (Å²) in [5, 5.41) is 1.40. The van der Waals surface area contributed by atoms with E-state index in [9.17, 15) is 13.2 Å². The van der Waals surface area contributed by atoms with Crippen LogP contribution in [0, 0.1) is 6.92 Å². The third-order valence-corrected chi connectivity index (χ3v) is 3.66. The largest absolute Gasteiger partial charge is 0.446 e. The predicted molar refractivity (Wildman–Crippen MR) is 68.6 cm³/mol. The molecule has 0 aliphatic rings.